The lowest BCUT2D eigenvalue weighted by molar-refractivity contribution is 0.0637. The van der Waals surface area contributed by atoms with Gasteiger partial charge in [0.15, 0.2) is 0 Å². The number of rotatable bonds is 8. The van der Waals surface area contributed by atoms with Crippen LogP contribution in [0.5, 0.6) is 5.75 Å². The molecule has 1 saturated heterocycles. The van der Waals surface area contributed by atoms with Gasteiger partial charge in [0.05, 0.1) is 11.5 Å². The minimum atomic E-state index is 0.160. The molecule has 0 spiro atoms. The fourth-order valence-electron chi connectivity index (χ4n) is 4.04. The molecule has 0 radical (unpaired) electrons. The lowest BCUT2D eigenvalue weighted by Crippen LogP contribution is -2.41. The minimum absolute atomic E-state index is 0.160. The van der Waals surface area contributed by atoms with Gasteiger partial charge in [-0.1, -0.05) is 22.4 Å². The number of likely N-dealkylation sites (tertiary alicyclic amines) is 1. The summed E-state index contributed by atoms with van der Waals surface area (Å²) in [5, 5.41) is 9.76. The molecular weight excluding hydrogens is 424 g/mol. The van der Waals surface area contributed by atoms with Gasteiger partial charge in [-0.2, -0.15) is 0 Å². The summed E-state index contributed by atoms with van der Waals surface area (Å²) in [6.45, 7) is 7.61. The lowest BCUT2D eigenvalue weighted by Gasteiger charge is -2.32. The Kier molecular flexibility index (Phi) is 7.22. The molecule has 3 aromatic rings. The van der Waals surface area contributed by atoms with E-state index in [2.05, 4.69) is 27.3 Å². The predicted molar refractivity (Wildman–Crippen MR) is 124 cm³/mol. The van der Waals surface area contributed by atoms with E-state index in [0.717, 1.165) is 60.1 Å². The number of piperidine rings is 1. The summed E-state index contributed by atoms with van der Waals surface area (Å²) in [5.74, 6) is 1.39. The fourth-order valence-corrected chi connectivity index (χ4v) is 4.93. The second-order valence-corrected chi connectivity index (χ2v) is 9.53. The molecule has 170 valence electrons. The molecule has 7 nitrogen and oxygen atoms in total. The molecular formula is C24H30N4O3S. The predicted octanol–water partition coefficient (Wildman–Crippen LogP) is 4.31. The van der Waals surface area contributed by atoms with Crippen molar-refractivity contribution in [2.24, 2.45) is 5.92 Å². The Labute approximate surface area is 192 Å². The number of carbonyl (C=O) groups excluding carboxylic acids is 1. The van der Waals surface area contributed by atoms with Gasteiger partial charge in [-0.3, -0.25) is 9.69 Å². The zero-order valence-corrected chi connectivity index (χ0v) is 19.7. The molecule has 1 atom stereocenters. The summed E-state index contributed by atoms with van der Waals surface area (Å²) in [7, 11) is 2.05. The van der Waals surface area contributed by atoms with Crippen LogP contribution in [0, 0.1) is 19.8 Å². The van der Waals surface area contributed by atoms with Crippen LogP contribution in [0.25, 0.3) is 0 Å². The highest BCUT2D eigenvalue weighted by Gasteiger charge is 2.26. The third-order valence-corrected chi connectivity index (χ3v) is 6.89. The average Bonchev–Trinajstić information content (AvgIpc) is 3.40. The number of thiophene rings is 1. The van der Waals surface area contributed by atoms with Crippen molar-refractivity contribution in [1.29, 1.82) is 0 Å². The van der Waals surface area contributed by atoms with Crippen LogP contribution in [0.4, 0.5) is 0 Å². The van der Waals surface area contributed by atoms with Crippen LogP contribution in [-0.4, -0.2) is 52.8 Å². The van der Waals surface area contributed by atoms with E-state index >= 15 is 0 Å². The Hall–Kier alpha value is -2.71. The van der Waals surface area contributed by atoms with Crippen molar-refractivity contribution in [1.82, 2.24) is 20.1 Å². The summed E-state index contributed by atoms with van der Waals surface area (Å²) in [6, 6.07) is 10.2. The summed E-state index contributed by atoms with van der Waals surface area (Å²) < 4.78 is 10.8. The third kappa shape index (κ3) is 5.55. The average molecular weight is 455 g/mol. The molecule has 1 aromatic carbocycles. The van der Waals surface area contributed by atoms with Crippen LogP contribution in [0.3, 0.4) is 0 Å². The van der Waals surface area contributed by atoms with E-state index in [-0.39, 0.29) is 5.91 Å². The number of hydrogen-bond donors (Lipinski definition) is 0. The van der Waals surface area contributed by atoms with Crippen molar-refractivity contribution in [3.8, 4) is 5.75 Å². The lowest BCUT2D eigenvalue weighted by atomic mass is 9.98. The summed E-state index contributed by atoms with van der Waals surface area (Å²) >= 11 is 1.53. The van der Waals surface area contributed by atoms with Gasteiger partial charge in [0.25, 0.3) is 5.91 Å². The van der Waals surface area contributed by atoms with E-state index in [4.69, 9.17) is 9.37 Å². The van der Waals surface area contributed by atoms with Crippen molar-refractivity contribution in [3.05, 3.63) is 63.1 Å². The number of ether oxygens (including phenoxy) is 1. The van der Waals surface area contributed by atoms with Crippen molar-refractivity contribution < 1.29 is 14.2 Å². The van der Waals surface area contributed by atoms with Gasteiger partial charge in [-0.25, -0.2) is 4.63 Å². The van der Waals surface area contributed by atoms with E-state index in [1.54, 1.807) is 0 Å². The van der Waals surface area contributed by atoms with Gasteiger partial charge in [0.1, 0.15) is 17.1 Å². The monoisotopic (exact) mass is 454 g/mol. The van der Waals surface area contributed by atoms with Crippen molar-refractivity contribution >= 4 is 17.2 Å². The highest BCUT2D eigenvalue weighted by Crippen LogP contribution is 2.24. The Bertz CT molecular complexity index is 1030. The Morgan fingerprint density at radius 1 is 1.22 bits per heavy atom. The van der Waals surface area contributed by atoms with Gasteiger partial charge in [-0.15, -0.1) is 11.3 Å². The molecule has 1 unspecified atom stereocenters. The number of nitrogens with zero attached hydrogens (tertiary/aromatic N) is 4. The van der Waals surface area contributed by atoms with Crippen LogP contribution in [-0.2, 0) is 13.1 Å². The largest absolute Gasteiger partial charge is 0.493 e. The van der Waals surface area contributed by atoms with Crippen molar-refractivity contribution in [3.63, 3.8) is 0 Å². The Morgan fingerprint density at radius 2 is 2.03 bits per heavy atom. The van der Waals surface area contributed by atoms with E-state index in [0.29, 0.717) is 19.1 Å². The number of benzene rings is 1. The van der Waals surface area contributed by atoms with Gasteiger partial charge < -0.3 is 9.64 Å². The normalized spacial score (nSPS) is 16.5. The first-order valence-electron chi connectivity index (χ1n) is 11.0. The zero-order valence-electron chi connectivity index (χ0n) is 18.9. The highest BCUT2D eigenvalue weighted by molar-refractivity contribution is 7.12. The van der Waals surface area contributed by atoms with Crippen LogP contribution in [0.2, 0.25) is 0 Å². The molecule has 1 amide bonds. The van der Waals surface area contributed by atoms with Crippen molar-refractivity contribution in [2.45, 2.75) is 39.8 Å². The quantitative estimate of drug-likeness (QED) is 0.505. The Morgan fingerprint density at radius 3 is 2.72 bits per heavy atom. The number of amides is 1. The first-order chi connectivity index (χ1) is 15.5. The smallest absolute Gasteiger partial charge is 0.264 e. The molecule has 0 aliphatic carbocycles. The number of hydrogen-bond acceptors (Lipinski definition) is 7. The third-order valence-electron chi connectivity index (χ3n) is 5.89. The van der Waals surface area contributed by atoms with Crippen LogP contribution < -0.4 is 4.74 Å². The molecule has 0 N–H and O–H groups in total. The minimum Gasteiger partial charge on any atom is -0.493 e. The number of carbonyl (C=O) groups is 1. The van der Waals surface area contributed by atoms with Crippen molar-refractivity contribution in [2.75, 3.05) is 26.7 Å². The first kappa shape index (κ1) is 22.5. The molecule has 1 aliphatic heterocycles. The molecule has 1 fully saturated rings. The molecule has 8 heteroatoms. The second-order valence-electron chi connectivity index (χ2n) is 8.62. The van der Waals surface area contributed by atoms with E-state index in [1.807, 2.05) is 49.4 Å². The maximum absolute atomic E-state index is 12.8. The maximum atomic E-state index is 12.8. The molecule has 0 saturated carbocycles. The van der Waals surface area contributed by atoms with Gasteiger partial charge in [0.2, 0.25) is 0 Å². The van der Waals surface area contributed by atoms with E-state index in [9.17, 15) is 4.79 Å². The fraction of sp³-hybridized carbons (Fsp3) is 0.458. The standard InChI is InChI=1S/C24H30N4O3S/c1-17-10-12-32-23(17)24(29)28-11-4-5-20(14-28)16-30-21-8-6-19(7-9-21)13-27(3)15-22-18(2)25-31-26-22/h6-10,12,20H,4-5,11,13-16H2,1-3H3. The first-order valence-corrected chi connectivity index (χ1v) is 11.9. The van der Waals surface area contributed by atoms with E-state index in [1.165, 1.54) is 16.9 Å². The van der Waals surface area contributed by atoms with Crippen LogP contribution in [0.1, 0.15) is 45.0 Å². The highest BCUT2D eigenvalue weighted by atomic mass is 32.1. The number of aromatic nitrogens is 2. The molecule has 32 heavy (non-hydrogen) atoms. The Balaban J connectivity index is 1.25. The van der Waals surface area contributed by atoms with E-state index < -0.39 is 0 Å². The second kappa shape index (κ2) is 10.3. The van der Waals surface area contributed by atoms with Crippen LogP contribution >= 0.6 is 11.3 Å². The van der Waals surface area contributed by atoms with Crippen LogP contribution in [0.15, 0.2) is 40.3 Å². The topological polar surface area (TPSA) is 71.7 Å². The molecule has 1 aliphatic rings. The van der Waals surface area contributed by atoms with Gasteiger partial charge >= 0.3 is 0 Å². The van der Waals surface area contributed by atoms with Gasteiger partial charge in [0, 0.05) is 32.1 Å². The molecule has 4 rings (SSSR count). The summed E-state index contributed by atoms with van der Waals surface area (Å²) in [4.78, 5) is 17.8. The summed E-state index contributed by atoms with van der Waals surface area (Å²) in [5.41, 5.74) is 3.96. The molecule has 0 bridgehead atoms. The zero-order chi connectivity index (χ0) is 22.5. The maximum Gasteiger partial charge on any atom is 0.264 e. The molecule has 3 heterocycles. The number of aryl methyl sites for hydroxylation is 2. The summed E-state index contributed by atoms with van der Waals surface area (Å²) in [6.07, 6.45) is 2.11. The SMILES string of the molecule is Cc1ccsc1C(=O)N1CCCC(COc2ccc(CN(C)Cc3nonc3C)cc2)C1. The molecule has 2 aromatic heterocycles. The van der Waals surface area contributed by atoms with Gasteiger partial charge in [-0.05, 0) is 68.4 Å².